The van der Waals surface area contributed by atoms with Gasteiger partial charge >= 0.3 is 0 Å². The molecule has 0 spiro atoms. The van der Waals surface area contributed by atoms with Crippen LogP contribution < -0.4 is 5.73 Å². The fourth-order valence-corrected chi connectivity index (χ4v) is 4.44. The molecular formula is C19H30N2S. The quantitative estimate of drug-likeness (QED) is 0.488. The summed E-state index contributed by atoms with van der Waals surface area (Å²) in [7, 11) is 0. The number of nitrogens with zero attached hydrogens (tertiary/aromatic N) is 1. The first-order valence-corrected chi connectivity index (χ1v) is 9.27. The highest BCUT2D eigenvalue weighted by molar-refractivity contribution is 7.99. The van der Waals surface area contributed by atoms with Crippen LogP contribution in [0.4, 0.5) is 0 Å². The van der Waals surface area contributed by atoms with Gasteiger partial charge in [0.05, 0.1) is 0 Å². The van der Waals surface area contributed by atoms with Crippen molar-refractivity contribution < 1.29 is 0 Å². The maximum Gasteiger partial charge on any atom is 0.125 e. The minimum Gasteiger partial charge on any atom is -0.384 e. The normalized spacial score (nSPS) is 17.6. The molecule has 2 N–H and O–H groups in total. The molecule has 1 heterocycles. The lowest BCUT2D eigenvalue weighted by Gasteiger charge is -2.25. The first-order valence-electron chi connectivity index (χ1n) is 8.29. The summed E-state index contributed by atoms with van der Waals surface area (Å²) in [6.45, 7) is 14.5. The first-order chi connectivity index (χ1) is 10.2. The third kappa shape index (κ3) is 3.51. The van der Waals surface area contributed by atoms with Crippen molar-refractivity contribution in [3.8, 4) is 0 Å². The number of aliphatic imine (C=N–C) groups is 1. The first kappa shape index (κ1) is 17.4. The molecule has 1 aromatic rings. The van der Waals surface area contributed by atoms with Crippen LogP contribution in [-0.4, -0.2) is 18.1 Å². The van der Waals surface area contributed by atoms with E-state index in [2.05, 4.69) is 58.7 Å². The van der Waals surface area contributed by atoms with Gasteiger partial charge in [0.2, 0.25) is 0 Å². The van der Waals surface area contributed by atoms with E-state index < -0.39 is 0 Å². The Morgan fingerprint density at radius 3 is 2.59 bits per heavy atom. The fourth-order valence-electron chi connectivity index (χ4n) is 2.77. The molecular weight excluding hydrogens is 288 g/mol. The largest absolute Gasteiger partial charge is 0.384 e. The molecule has 0 bridgehead atoms. The van der Waals surface area contributed by atoms with Crippen LogP contribution in [0.15, 0.2) is 22.0 Å². The molecule has 3 heteroatoms. The molecule has 0 aliphatic carbocycles. The Hall–Kier alpha value is -0.960. The van der Waals surface area contributed by atoms with Crippen molar-refractivity contribution in [3.63, 3.8) is 0 Å². The molecule has 0 amide bonds. The average molecular weight is 319 g/mol. The summed E-state index contributed by atoms with van der Waals surface area (Å²) in [6.07, 6.45) is 2.25. The van der Waals surface area contributed by atoms with E-state index in [9.17, 15) is 0 Å². The van der Waals surface area contributed by atoms with Crippen molar-refractivity contribution in [1.29, 1.82) is 0 Å². The van der Waals surface area contributed by atoms with Crippen molar-refractivity contribution >= 4 is 17.6 Å². The van der Waals surface area contributed by atoms with Crippen LogP contribution in [0.25, 0.3) is 0 Å². The minimum atomic E-state index is 0.122. The number of nitrogens with two attached hydrogens (primary N) is 1. The zero-order valence-electron chi connectivity index (χ0n) is 14.9. The van der Waals surface area contributed by atoms with Crippen molar-refractivity contribution in [3.05, 3.63) is 28.8 Å². The Balaban J connectivity index is 2.52. The van der Waals surface area contributed by atoms with Crippen LogP contribution >= 0.6 is 11.8 Å². The van der Waals surface area contributed by atoms with E-state index in [4.69, 9.17) is 5.73 Å². The van der Waals surface area contributed by atoms with Gasteiger partial charge in [0.25, 0.3) is 0 Å². The number of unbranched alkanes of at least 4 members (excludes halogenated alkanes) is 1. The Bertz CT molecular complexity index is 580. The number of hydrogen-bond acceptors (Lipinski definition) is 2. The Labute approximate surface area is 140 Å². The third-order valence-corrected chi connectivity index (χ3v) is 5.89. The number of thioether (sulfide) groups is 1. The van der Waals surface area contributed by atoms with Crippen LogP contribution in [0.2, 0.25) is 0 Å². The smallest absolute Gasteiger partial charge is 0.125 e. The molecule has 0 unspecified atom stereocenters. The second kappa shape index (κ2) is 6.27. The van der Waals surface area contributed by atoms with E-state index in [1.54, 1.807) is 0 Å². The predicted octanol–water partition coefficient (Wildman–Crippen LogP) is 4.87. The molecule has 1 aliphatic rings. The van der Waals surface area contributed by atoms with Crippen molar-refractivity contribution in [2.24, 2.45) is 10.7 Å². The highest BCUT2D eigenvalue weighted by Gasteiger charge is 2.35. The average Bonchev–Trinajstić information content (AvgIpc) is 2.73. The second-order valence-corrected chi connectivity index (χ2v) is 8.93. The van der Waals surface area contributed by atoms with E-state index in [1.165, 1.54) is 16.0 Å². The summed E-state index contributed by atoms with van der Waals surface area (Å²) in [5.41, 5.74) is 10.5. The number of fused-ring (bicyclic) bond motifs is 1. The van der Waals surface area contributed by atoms with Gasteiger partial charge in [-0.15, -0.1) is 11.8 Å². The fraction of sp³-hybridized carbons (Fsp3) is 0.632. The molecule has 0 radical (unpaired) electrons. The van der Waals surface area contributed by atoms with Crippen LogP contribution in [-0.2, 0) is 10.8 Å². The molecule has 22 heavy (non-hydrogen) atoms. The molecule has 122 valence electrons. The van der Waals surface area contributed by atoms with Gasteiger partial charge in [-0.2, -0.15) is 0 Å². The number of benzene rings is 1. The van der Waals surface area contributed by atoms with Gasteiger partial charge in [-0.05, 0) is 35.1 Å². The van der Waals surface area contributed by atoms with Gasteiger partial charge < -0.3 is 5.73 Å². The van der Waals surface area contributed by atoms with Crippen molar-refractivity contribution in [2.75, 3.05) is 12.3 Å². The molecule has 0 aromatic heterocycles. The zero-order chi connectivity index (χ0) is 16.5. The van der Waals surface area contributed by atoms with Gasteiger partial charge in [0, 0.05) is 28.2 Å². The van der Waals surface area contributed by atoms with Crippen molar-refractivity contribution in [1.82, 2.24) is 0 Å². The summed E-state index contributed by atoms with van der Waals surface area (Å²) in [6, 6.07) is 4.54. The summed E-state index contributed by atoms with van der Waals surface area (Å²) in [4.78, 5) is 6.03. The molecule has 0 saturated carbocycles. The van der Waals surface area contributed by atoms with Gasteiger partial charge in [0.1, 0.15) is 5.84 Å². The molecule has 2 rings (SSSR count). The minimum absolute atomic E-state index is 0.122. The van der Waals surface area contributed by atoms with Gasteiger partial charge in [0.15, 0.2) is 0 Å². The number of amidine groups is 1. The SMILES string of the molecule is CCCCN=C(N)c1cc(C(C)(C)C)c2c(c1)C(C)(C)CS2. The molecule has 1 aliphatic heterocycles. The lowest BCUT2D eigenvalue weighted by Crippen LogP contribution is -2.22. The topological polar surface area (TPSA) is 38.4 Å². The zero-order valence-corrected chi connectivity index (χ0v) is 15.7. The maximum absolute atomic E-state index is 6.27. The van der Waals surface area contributed by atoms with E-state index in [1.807, 2.05) is 11.8 Å². The summed E-state index contributed by atoms with van der Waals surface area (Å²) in [5, 5.41) is 0. The molecule has 0 saturated heterocycles. The predicted molar refractivity (Wildman–Crippen MR) is 99.4 cm³/mol. The van der Waals surface area contributed by atoms with Crippen molar-refractivity contribution in [2.45, 2.75) is 70.1 Å². The molecule has 0 atom stereocenters. The molecule has 0 fully saturated rings. The Morgan fingerprint density at radius 1 is 1.32 bits per heavy atom. The van der Waals surface area contributed by atoms with E-state index in [-0.39, 0.29) is 10.8 Å². The highest BCUT2D eigenvalue weighted by Crippen LogP contribution is 2.48. The lowest BCUT2D eigenvalue weighted by molar-refractivity contribution is 0.562. The van der Waals surface area contributed by atoms with E-state index in [0.29, 0.717) is 5.84 Å². The summed E-state index contributed by atoms with van der Waals surface area (Å²) < 4.78 is 0. The lowest BCUT2D eigenvalue weighted by atomic mass is 9.79. The highest BCUT2D eigenvalue weighted by atomic mass is 32.2. The van der Waals surface area contributed by atoms with E-state index in [0.717, 1.165) is 30.7 Å². The molecule has 2 nitrogen and oxygen atoms in total. The Morgan fingerprint density at radius 2 is 2.00 bits per heavy atom. The van der Waals surface area contributed by atoms with Crippen LogP contribution in [0.5, 0.6) is 0 Å². The third-order valence-electron chi connectivity index (χ3n) is 4.29. The van der Waals surface area contributed by atoms with Gasteiger partial charge in [-0.3, -0.25) is 4.99 Å². The van der Waals surface area contributed by atoms with E-state index >= 15 is 0 Å². The second-order valence-electron chi connectivity index (χ2n) is 7.94. The number of rotatable bonds is 4. The monoisotopic (exact) mass is 318 g/mol. The summed E-state index contributed by atoms with van der Waals surface area (Å²) >= 11 is 1.99. The van der Waals surface area contributed by atoms with Crippen LogP contribution in [0, 0.1) is 0 Å². The van der Waals surface area contributed by atoms with Crippen LogP contribution in [0.3, 0.4) is 0 Å². The Kier molecular flexibility index (Phi) is 4.96. The standard InChI is InChI=1S/C19H30N2S/c1-7-8-9-21-17(20)13-10-14(18(2,3)4)16-15(11-13)19(5,6)12-22-16/h10-11H,7-9,12H2,1-6H3,(H2,20,21). The molecule has 1 aromatic carbocycles. The number of hydrogen-bond donors (Lipinski definition) is 1. The maximum atomic E-state index is 6.27. The van der Waals surface area contributed by atoms with Crippen LogP contribution in [0.1, 0.15) is 71.1 Å². The van der Waals surface area contributed by atoms with Gasteiger partial charge in [-0.1, -0.05) is 48.0 Å². The summed E-state index contributed by atoms with van der Waals surface area (Å²) in [5.74, 6) is 1.83. The van der Waals surface area contributed by atoms with Gasteiger partial charge in [-0.25, -0.2) is 0 Å².